The molecule has 0 radical (unpaired) electrons. The number of carbonyl (C=O) groups excluding carboxylic acids is 1. The van der Waals surface area contributed by atoms with Gasteiger partial charge in [0.15, 0.2) is 0 Å². The minimum atomic E-state index is -0.424. The van der Waals surface area contributed by atoms with E-state index in [2.05, 4.69) is 11.1 Å². The molecule has 118 valence electrons. The molecule has 0 fully saturated rings. The van der Waals surface area contributed by atoms with Gasteiger partial charge in [0.2, 0.25) is 0 Å². The number of hydrogen-bond donors (Lipinski definition) is 1. The highest BCUT2D eigenvalue weighted by Gasteiger charge is 2.22. The fourth-order valence-electron chi connectivity index (χ4n) is 2.76. The van der Waals surface area contributed by atoms with Gasteiger partial charge in [-0.25, -0.2) is 5.06 Å². The van der Waals surface area contributed by atoms with E-state index < -0.39 is 5.91 Å². The van der Waals surface area contributed by atoms with Crippen molar-refractivity contribution >= 4 is 11.6 Å². The van der Waals surface area contributed by atoms with Gasteiger partial charge in [-0.1, -0.05) is 54.6 Å². The summed E-state index contributed by atoms with van der Waals surface area (Å²) in [6.07, 6.45) is 11.3. The maximum atomic E-state index is 12.3. The van der Waals surface area contributed by atoms with Gasteiger partial charge in [0.1, 0.15) is 5.71 Å². The lowest BCUT2D eigenvalue weighted by atomic mass is 9.91. The van der Waals surface area contributed by atoms with Crippen LogP contribution in [0.4, 0.5) is 0 Å². The van der Waals surface area contributed by atoms with Crippen LogP contribution in [0.2, 0.25) is 0 Å². The molecule has 4 nitrogen and oxygen atoms in total. The van der Waals surface area contributed by atoms with E-state index in [1.807, 2.05) is 48.6 Å². The zero-order valence-corrected chi connectivity index (χ0v) is 12.9. The summed E-state index contributed by atoms with van der Waals surface area (Å²) >= 11 is 0. The smallest absolute Gasteiger partial charge is 0.286 e. The topological polar surface area (TPSA) is 52.9 Å². The summed E-state index contributed by atoms with van der Waals surface area (Å²) in [6.45, 7) is 0.862. The van der Waals surface area contributed by atoms with Crippen molar-refractivity contribution in [2.75, 3.05) is 13.1 Å². The summed E-state index contributed by atoms with van der Waals surface area (Å²) in [5, 5.41) is 10.8. The number of benzene rings is 1. The summed E-state index contributed by atoms with van der Waals surface area (Å²) in [6, 6.07) is 10.0. The standard InChI is InChI=1S/C19H20N2O2/c22-19(18-13-16-10-4-5-11-17(16)14-20-18)21(23)12-6-9-15-7-2-1-3-8-15/h1-5,7-8,10-11,13,17,23H,6,9,12,14H2. The van der Waals surface area contributed by atoms with Gasteiger partial charge >= 0.3 is 0 Å². The SMILES string of the molecule is O=C(C1=NCC2C=CC=CC2=C1)N(O)CCCc1ccccc1. The molecule has 0 saturated heterocycles. The zero-order chi connectivity index (χ0) is 16.1. The Labute approximate surface area is 136 Å². The number of aryl methyl sites for hydroxylation is 1. The fraction of sp³-hybridized carbons (Fsp3) is 0.263. The van der Waals surface area contributed by atoms with E-state index in [0.29, 0.717) is 25.2 Å². The fourth-order valence-corrected chi connectivity index (χ4v) is 2.76. The van der Waals surface area contributed by atoms with Crippen molar-refractivity contribution in [2.24, 2.45) is 10.9 Å². The van der Waals surface area contributed by atoms with Crippen LogP contribution in [0.3, 0.4) is 0 Å². The molecular formula is C19H20N2O2. The summed E-state index contributed by atoms with van der Waals surface area (Å²) < 4.78 is 0. The second kappa shape index (κ2) is 7.20. The van der Waals surface area contributed by atoms with E-state index in [1.54, 1.807) is 6.08 Å². The molecule has 4 heteroatoms. The van der Waals surface area contributed by atoms with Crippen molar-refractivity contribution in [1.29, 1.82) is 0 Å². The largest absolute Gasteiger partial charge is 0.295 e. The minimum absolute atomic E-state index is 0.252. The Hall–Kier alpha value is -2.46. The first-order valence-corrected chi connectivity index (χ1v) is 7.89. The van der Waals surface area contributed by atoms with E-state index in [0.717, 1.165) is 17.1 Å². The van der Waals surface area contributed by atoms with Gasteiger partial charge in [-0.05, 0) is 30.1 Å². The highest BCUT2D eigenvalue weighted by Crippen LogP contribution is 2.22. The van der Waals surface area contributed by atoms with Gasteiger partial charge in [-0.2, -0.15) is 0 Å². The van der Waals surface area contributed by atoms with Crippen molar-refractivity contribution in [3.05, 3.63) is 71.8 Å². The average Bonchev–Trinajstić information content (AvgIpc) is 2.61. The summed E-state index contributed by atoms with van der Waals surface area (Å²) in [5.41, 5.74) is 2.61. The third-order valence-corrected chi connectivity index (χ3v) is 4.06. The molecule has 0 spiro atoms. The Morgan fingerprint density at radius 2 is 2.09 bits per heavy atom. The molecule has 2 aliphatic rings. The van der Waals surface area contributed by atoms with Crippen molar-refractivity contribution in [2.45, 2.75) is 12.8 Å². The van der Waals surface area contributed by atoms with Crippen molar-refractivity contribution in [3.63, 3.8) is 0 Å². The highest BCUT2D eigenvalue weighted by atomic mass is 16.5. The van der Waals surface area contributed by atoms with Crippen LogP contribution in [0.25, 0.3) is 0 Å². The predicted octanol–water partition coefficient (Wildman–Crippen LogP) is 2.96. The van der Waals surface area contributed by atoms with Gasteiger partial charge < -0.3 is 0 Å². The Morgan fingerprint density at radius 1 is 1.26 bits per heavy atom. The Kier molecular flexibility index (Phi) is 4.83. The van der Waals surface area contributed by atoms with Crippen LogP contribution in [0, 0.1) is 5.92 Å². The average molecular weight is 308 g/mol. The number of nitrogens with zero attached hydrogens (tertiary/aromatic N) is 2. The number of aliphatic imine (C=N–C) groups is 1. The van der Waals surface area contributed by atoms with Crippen molar-refractivity contribution in [3.8, 4) is 0 Å². The molecule has 0 bridgehead atoms. The lowest BCUT2D eigenvalue weighted by Crippen LogP contribution is -2.35. The first kappa shape index (κ1) is 15.4. The van der Waals surface area contributed by atoms with Gasteiger partial charge in [0.25, 0.3) is 5.91 Å². The molecule has 1 aromatic rings. The molecule has 23 heavy (non-hydrogen) atoms. The molecule has 1 N–H and O–H groups in total. The van der Waals surface area contributed by atoms with E-state index in [-0.39, 0.29) is 5.92 Å². The molecule has 1 atom stereocenters. The molecule has 1 aliphatic carbocycles. The van der Waals surface area contributed by atoms with E-state index >= 15 is 0 Å². The molecule has 1 amide bonds. The maximum Gasteiger partial charge on any atom is 0.295 e. The highest BCUT2D eigenvalue weighted by molar-refractivity contribution is 6.43. The Morgan fingerprint density at radius 3 is 2.91 bits per heavy atom. The predicted molar refractivity (Wildman–Crippen MR) is 90.4 cm³/mol. The number of carbonyl (C=O) groups is 1. The van der Waals surface area contributed by atoms with Crippen molar-refractivity contribution < 1.29 is 10.0 Å². The second-order valence-electron chi connectivity index (χ2n) is 5.74. The number of hydroxylamine groups is 2. The number of allylic oxidation sites excluding steroid dienone is 3. The number of rotatable bonds is 5. The third-order valence-electron chi connectivity index (χ3n) is 4.06. The number of amides is 1. The van der Waals surface area contributed by atoms with Crippen LogP contribution in [0.15, 0.2) is 71.3 Å². The minimum Gasteiger partial charge on any atom is -0.286 e. The molecular weight excluding hydrogens is 288 g/mol. The molecule has 0 aromatic heterocycles. The maximum absolute atomic E-state index is 12.3. The van der Waals surface area contributed by atoms with Gasteiger partial charge in [-0.3, -0.25) is 15.0 Å². The first-order chi connectivity index (χ1) is 11.2. The van der Waals surface area contributed by atoms with Crippen LogP contribution in [-0.2, 0) is 11.2 Å². The Bertz CT molecular complexity index is 687. The zero-order valence-electron chi connectivity index (χ0n) is 12.9. The van der Waals surface area contributed by atoms with Crippen LogP contribution >= 0.6 is 0 Å². The van der Waals surface area contributed by atoms with Crippen LogP contribution in [0.1, 0.15) is 12.0 Å². The van der Waals surface area contributed by atoms with Crippen LogP contribution < -0.4 is 0 Å². The summed E-state index contributed by atoms with van der Waals surface area (Å²) in [5.74, 6) is -0.172. The molecule has 1 aliphatic heterocycles. The van der Waals surface area contributed by atoms with Gasteiger partial charge in [0, 0.05) is 12.5 Å². The molecule has 1 aromatic carbocycles. The van der Waals surface area contributed by atoms with Crippen LogP contribution in [-0.4, -0.2) is 35.0 Å². The lowest BCUT2D eigenvalue weighted by Gasteiger charge is -2.22. The summed E-state index contributed by atoms with van der Waals surface area (Å²) in [4.78, 5) is 16.6. The molecule has 0 saturated carbocycles. The monoisotopic (exact) mass is 308 g/mol. The number of fused-ring (bicyclic) bond motifs is 1. The first-order valence-electron chi connectivity index (χ1n) is 7.89. The molecule has 1 unspecified atom stereocenters. The quantitative estimate of drug-likeness (QED) is 0.671. The molecule has 3 rings (SSSR count). The lowest BCUT2D eigenvalue weighted by molar-refractivity contribution is -0.157. The second-order valence-corrected chi connectivity index (χ2v) is 5.74. The molecule has 1 heterocycles. The van der Waals surface area contributed by atoms with Gasteiger partial charge in [0.05, 0.1) is 6.54 Å². The summed E-state index contributed by atoms with van der Waals surface area (Å²) in [7, 11) is 0. The Balaban J connectivity index is 1.54. The van der Waals surface area contributed by atoms with E-state index in [4.69, 9.17) is 0 Å². The van der Waals surface area contributed by atoms with E-state index in [9.17, 15) is 10.0 Å². The normalized spacial score (nSPS) is 18.9. The number of hydrogen-bond acceptors (Lipinski definition) is 3. The third kappa shape index (κ3) is 3.85. The van der Waals surface area contributed by atoms with Crippen molar-refractivity contribution in [1.82, 2.24) is 5.06 Å². The van der Waals surface area contributed by atoms with Crippen LogP contribution in [0.5, 0.6) is 0 Å². The van der Waals surface area contributed by atoms with Gasteiger partial charge in [-0.15, -0.1) is 0 Å². The van der Waals surface area contributed by atoms with E-state index in [1.165, 1.54) is 5.56 Å². The number of dihydropyridines is 1.